The molecule has 4 rings (SSSR count). The van der Waals surface area contributed by atoms with E-state index >= 15 is 0 Å². The molecule has 2 aromatic heterocycles. The molecule has 3 heterocycles. The van der Waals surface area contributed by atoms with Crippen LogP contribution in [0.3, 0.4) is 0 Å². The van der Waals surface area contributed by atoms with Crippen molar-refractivity contribution >= 4 is 12.0 Å². The molecule has 0 unspecified atom stereocenters. The molecule has 0 radical (unpaired) electrons. The molecule has 11 heteroatoms. The molecule has 2 fully saturated rings. The zero-order valence-electron chi connectivity index (χ0n) is 19.3. The van der Waals surface area contributed by atoms with E-state index in [9.17, 15) is 22.8 Å². The van der Waals surface area contributed by atoms with Gasteiger partial charge in [0.15, 0.2) is 0 Å². The Hall–Kier alpha value is -3.11. The average molecular weight is 480 g/mol. The number of rotatable bonds is 5. The molecule has 0 aromatic carbocycles. The molecular weight excluding hydrogens is 451 g/mol. The number of aromatic nitrogens is 3. The van der Waals surface area contributed by atoms with E-state index in [1.54, 1.807) is 11.8 Å². The number of hydrogen-bond acceptors (Lipinski definition) is 6. The van der Waals surface area contributed by atoms with Crippen molar-refractivity contribution < 1.29 is 22.7 Å². The molecule has 184 valence electrons. The maximum atomic E-state index is 13.0. The highest BCUT2D eigenvalue weighted by Crippen LogP contribution is 2.39. The molecule has 1 saturated carbocycles. The van der Waals surface area contributed by atoms with E-state index in [0.717, 1.165) is 11.6 Å². The van der Waals surface area contributed by atoms with Gasteiger partial charge in [0.25, 0.3) is 5.56 Å². The van der Waals surface area contributed by atoms with Crippen LogP contribution < -0.4 is 10.5 Å². The number of carbonyl (C=O) groups excluding carboxylic acids is 1. The van der Waals surface area contributed by atoms with Gasteiger partial charge in [-0.25, -0.2) is 14.8 Å². The first kappa shape index (κ1) is 24.0. The first-order chi connectivity index (χ1) is 16.0. The summed E-state index contributed by atoms with van der Waals surface area (Å²) in [6, 6.07) is 0.432. The quantitative estimate of drug-likeness (QED) is 0.703. The van der Waals surface area contributed by atoms with Crippen LogP contribution in [0.15, 0.2) is 29.5 Å². The van der Waals surface area contributed by atoms with Crippen molar-refractivity contribution in [2.45, 2.75) is 70.3 Å². The summed E-state index contributed by atoms with van der Waals surface area (Å²) in [7, 11) is 0. The minimum Gasteiger partial charge on any atom is -0.446 e. The number of aromatic amines is 1. The van der Waals surface area contributed by atoms with Gasteiger partial charge in [-0.1, -0.05) is 0 Å². The van der Waals surface area contributed by atoms with Crippen molar-refractivity contribution in [3.63, 3.8) is 0 Å². The molecule has 1 N–H and O–H groups in total. The fourth-order valence-electron chi connectivity index (χ4n) is 4.43. The Bertz CT molecular complexity index is 1070. The number of hydrogen-bond donors (Lipinski definition) is 1. The van der Waals surface area contributed by atoms with E-state index in [-0.39, 0.29) is 24.1 Å². The smallest absolute Gasteiger partial charge is 0.421 e. The number of pyridine rings is 1. The van der Waals surface area contributed by atoms with Gasteiger partial charge in [0.2, 0.25) is 5.95 Å². The lowest BCUT2D eigenvalue weighted by Crippen LogP contribution is -2.59. The number of nitrogens with one attached hydrogen (secondary N) is 1. The lowest BCUT2D eigenvalue weighted by Gasteiger charge is -2.43. The van der Waals surface area contributed by atoms with Crippen LogP contribution in [-0.2, 0) is 17.3 Å². The highest BCUT2D eigenvalue weighted by atomic mass is 19.4. The normalized spacial score (nSPS) is 21.9. The van der Waals surface area contributed by atoms with Gasteiger partial charge in [0.05, 0.1) is 12.1 Å². The van der Waals surface area contributed by atoms with E-state index in [4.69, 9.17) is 4.74 Å². The van der Waals surface area contributed by atoms with Gasteiger partial charge in [-0.3, -0.25) is 9.69 Å². The number of alkyl halides is 3. The average Bonchev–Trinajstić information content (AvgIpc) is 3.59. The number of piperazine rings is 1. The van der Waals surface area contributed by atoms with Gasteiger partial charge in [-0.15, -0.1) is 0 Å². The molecule has 1 saturated heterocycles. The zero-order valence-corrected chi connectivity index (χ0v) is 19.3. The number of nitrogens with zero attached hydrogens (tertiary/aromatic N) is 4. The van der Waals surface area contributed by atoms with Crippen molar-refractivity contribution in [3.8, 4) is 0 Å². The Morgan fingerprint density at radius 1 is 1.21 bits per heavy atom. The minimum atomic E-state index is -4.75. The number of carbonyl (C=O) groups is 1. The molecule has 2 aliphatic rings. The van der Waals surface area contributed by atoms with Crippen LogP contribution in [0.1, 0.15) is 56.2 Å². The molecule has 1 aliphatic carbocycles. The Morgan fingerprint density at radius 3 is 2.38 bits per heavy atom. The Labute approximate surface area is 195 Å². The Morgan fingerprint density at radius 2 is 1.82 bits per heavy atom. The summed E-state index contributed by atoms with van der Waals surface area (Å²) in [6.07, 6.45) is 1.39. The number of halogens is 3. The predicted molar refractivity (Wildman–Crippen MR) is 119 cm³/mol. The number of anilines is 1. The highest BCUT2D eigenvalue weighted by Gasteiger charge is 2.36. The second-order valence-electron chi connectivity index (χ2n) is 9.25. The molecule has 3 atom stereocenters. The standard InChI is InChI=1S/C23H28F3N5O3/c1-13-11-30(21-28-9-18(10-29-21)17-4-5-17)12-14(2)31(13)22(33)34-15(3)6-16-7-19(23(24,25)26)20(32)27-8-16/h7-10,13-15,17H,4-6,11-12H2,1-3H3,(H,27,32)/t13-,14-,15-/m0/s1. The molecule has 8 nitrogen and oxygen atoms in total. The van der Waals surface area contributed by atoms with Gasteiger partial charge >= 0.3 is 12.3 Å². The zero-order chi connectivity index (χ0) is 24.6. The third-order valence-corrected chi connectivity index (χ3v) is 6.21. The monoisotopic (exact) mass is 479 g/mol. The van der Waals surface area contributed by atoms with Crippen LogP contribution >= 0.6 is 0 Å². The minimum absolute atomic E-state index is 0.0372. The van der Waals surface area contributed by atoms with Crippen LogP contribution in [-0.4, -0.2) is 57.2 Å². The van der Waals surface area contributed by atoms with Crippen molar-refractivity contribution in [1.29, 1.82) is 0 Å². The fourth-order valence-corrected chi connectivity index (χ4v) is 4.43. The van der Waals surface area contributed by atoms with Crippen LogP contribution in [0.2, 0.25) is 0 Å². The summed E-state index contributed by atoms with van der Waals surface area (Å²) in [5, 5.41) is 0. The molecule has 0 spiro atoms. The third kappa shape index (κ3) is 5.34. The topological polar surface area (TPSA) is 91.4 Å². The summed E-state index contributed by atoms with van der Waals surface area (Å²) < 4.78 is 44.5. The molecule has 0 bridgehead atoms. The van der Waals surface area contributed by atoms with Crippen LogP contribution in [0.25, 0.3) is 0 Å². The van der Waals surface area contributed by atoms with Gasteiger partial charge < -0.3 is 14.6 Å². The Balaban J connectivity index is 1.36. The summed E-state index contributed by atoms with van der Waals surface area (Å²) >= 11 is 0. The second kappa shape index (κ2) is 9.27. The molecule has 1 aliphatic heterocycles. The molecule has 34 heavy (non-hydrogen) atoms. The first-order valence-electron chi connectivity index (χ1n) is 11.4. The molecule has 2 aromatic rings. The van der Waals surface area contributed by atoms with E-state index in [1.165, 1.54) is 19.0 Å². The molecule has 1 amide bonds. The largest absolute Gasteiger partial charge is 0.446 e. The number of H-pyrrole nitrogens is 1. The van der Waals surface area contributed by atoms with Gasteiger partial charge in [0.1, 0.15) is 11.7 Å². The first-order valence-corrected chi connectivity index (χ1v) is 11.4. The van der Waals surface area contributed by atoms with Crippen LogP contribution in [0.4, 0.5) is 23.9 Å². The van der Waals surface area contributed by atoms with Crippen LogP contribution in [0, 0.1) is 0 Å². The van der Waals surface area contributed by atoms with E-state index < -0.39 is 29.5 Å². The van der Waals surface area contributed by atoms with E-state index in [1.807, 2.05) is 31.1 Å². The van der Waals surface area contributed by atoms with Gasteiger partial charge in [0, 0.05) is 38.1 Å². The summed E-state index contributed by atoms with van der Waals surface area (Å²) in [4.78, 5) is 39.1. The number of ether oxygens (including phenoxy) is 1. The van der Waals surface area contributed by atoms with E-state index in [0.29, 0.717) is 25.0 Å². The molecular formula is C23H28F3N5O3. The SMILES string of the molecule is C[C@@H](Cc1c[nH]c(=O)c(C(F)(F)F)c1)OC(=O)N1[C@@H](C)CN(c2ncc(C3CC3)cn2)C[C@@H]1C. The van der Waals surface area contributed by atoms with Crippen molar-refractivity contribution in [2.75, 3.05) is 18.0 Å². The van der Waals surface area contributed by atoms with Crippen molar-refractivity contribution in [1.82, 2.24) is 19.9 Å². The maximum absolute atomic E-state index is 13.0. The predicted octanol–water partition coefficient (Wildman–Crippen LogP) is 3.73. The summed E-state index contributed by atoms with van der Waals surface area (Å²) in [5.41, 5.74) is -1.09. The van der Waals surface area contributed by atoms with Crippen LogP contribution in [0.5, 0.6) is 0 Å². The lowest BCUT2D eigenvalue weighted by molar-refractivity contribution is -0.138. The third-order valence-electron chi connectivity index (χ3n) is 6.21. The Kier molecular flexibility index (Phi) is 6.55. The van der Waals surface area contributed by atoms with E-state index in [2.05, 4.69) is 15.0 Å². The maximum Gasteiger partial charge on any atom is 0.421 e. The highest BCUT2D eigenvalue weighted by molar-refractivity contribution is 5.69. The summed E-state index contributed by atoms with van der Waals surface area (Å²) in [5.74, 6) is 1.21. The van der Waals surface area contributed by atoms with Gasteiger partial charge in [-0.2, -0.15) is 13.2 Å². The summed E-state index contributed by atoms with van der Waals surface area (Å²) in [6.45, 7) is 6.49. The lowest BCUT2D eigenvalue weighted by atomic mass is 10.1. The van der Waals surface area contributed by atoms with Crippen molar-refractivity contribution in [2.24, 2.45) is 0 Å². The second-order valence-corrected chi connectivity index (χ2v) is 9.25. The van der Waals surface area contributed by atoms with Gasteiger partial charge in [-0.05, 0) is 56.7 Å². The number of amides is 1. The van der Waals surface area contributed by atoms with Crippen molar-refractivity contribution in [3.05, 3.63) is 51.7 Å². The fraction of sp³-hybridized carbons (Fsp3) is 0.565.